The van der Waals surface area contributed by atoms with Crippen molar-refractivity contribution in [3.05, 3.63) is 47.8 Å². The van der Waals surface area contributed by atoms with E-state index in [1.807, 2.05) is 30.1 Å². The van der Waals surface area contributed by atoms with Crippen molar-refractivity contribution in [2.75, 3.05) is 33.4 Å². The molecule has 1 aliphatic heterocycles. The molecule has 1 aromatic carbocycles. The van der Waals surface area contributed by atoms with Crippen LogP contribution in [0.25, 0.3) is 0 Å². The van der Waals surface area contributed by atoms with E-state index in [1.54, 1.807) is 7.11 Å². The highest BCUT2D eigenvalue weighted by Gasteiger charge is 2.35. The summed E-state index contributed by atoms with van der Waals surface area (Å²) < 4.78 is 13.2. The highest BCUT2D eigenvalue weighted by Crippen LogP contribution is 2.30. The summed E-state index contributed by atoms with van der Waals surface area (Å²) in [6.07, 6.45) is 3.97. The molecule has 1 fully saturated rings. The summed E-state index contributed by atoms with van der Waals surface area (Å²) >= 11 is 0. The van der Waals surface area contributed by atoms with Crippen molar-refractivity contribution >= 4 is 0 Å². The van der Waals surface area contributed by atoms with Gasteiger partial charge in [0, 0.05) is 38.4 Å². The summed E-state index contributed by atoms with van der Waals surface area (Å²) in [6.45, 7) is 8.06. The molecule has 3 rings (SSSR count). The highest BCUT2D eigenvalue weighted by molar-refractivity contribution is 5.29. The number of aryl methyl sites for hydroxylation is 1. The summed E-state index contributed by atoms with van der Waals surface area (Å²) in [4.78, 5) is 2.49. The van der Waals surface area contributed by atoms with E-state index in [0.717, 1.165) is 37.6 Å². The van der Waals surface area contributed by atoms with E-state index in [4.69, 9.17) is 9.47 Å². The van der Waals surface area contributed by atoms with Gasteiger partial charge in [-0.15, -0.1) is 0 Å². The molecule has 2 heterocycles. The number of benzene rings is 1. The second-order valence-corrected chi connectivity index (χ2v) is 6.89. The van der Waals surface area contributed by atoms with Gasteiger partial charge in [0.25, 0.3) is 0 Å². The zero-order chi connectivity index (χ0) is 17.2. The minimum absolute atomic E-state index is 0.286. The quantitative estimate of drug-likeness (QED) is 0.846. The van der Waals surface area contributed by atoms with Gasteiger partial charge in [0.05, 0.1) is 19.9 Å². The van der Waals surface area contributed by atoms with Crippen LogP contribution in [-0.2, 0) is 17.4 Å². The number of aromatic nitrogens is 2. The molecule has 0 saturated carbocycles. The Morgan fingerprint density at radius 3 is 2.71 bits per heavy atom. The van der Waals surface area contributed by atoms with Gasteiger partial charge in [0.1, 0.15) is 11.4 Å². The van der Waals surface area contributed by atoms with Crippen LogP contribution in [0.4, 0.5) is 0 Å². The highest BCUT2D eigenvalue weighted by atomic mass is 16.5. The molecule has 0 bridgehead atoms. The lowest BCUT2D eigenvalue weighted by Gasteiger charge is -2.41. The lowest BCUT2D eigenvalue weighted by atomic mass is 9.95. The van der Waals surface area contributed by atoms with Crippen LogP contribution >= 0.6 is 0 Å². The van der Waals surface area contributed by atoms with Gasteiger partial charge >= 0.3 is 0 Å². The van der Waals surface area contributed by atoms with E-state index in [1.165, 1.54) is 5.56 Å². The Balaban J connectivity index is 1.66. The fraction of sp³-hybridized carbons (Fsp3) is 0.526. The van der Waals surface area contributed by atoms with Crippen molar-refractivity contribution in [2.24, 2.45) is 7.05 Å². The normalized spacial score (nSPS) is 23.2. The number of hydrogen-bond acceptors (Lipinski definition) is 4. The Labute approximate surface area is 144 Å². The van der Waals surface area contributed by atoms with E-state index in [-0.39, 0.29) is 5.60 Å². The molecule has 0 amide bonds. The summed E-state index contributed by atoms with van der Waals surface area (Å²) in [5, 5.41) is 4.29. The molecule has 0 N–H and O–H groups in total. The predicted octanol–water partition coefficient (Wildman–Crippen LogP) is 2.78. The van der Waals surface area contributed by atoms with E-state index in [9.17, 15) is 0 Å². The number of rotatable bonds is 5. The minimum atomic E-state index is -0.286. The largest absolute Gasteiger partial charge is 0.497 e. The van der Waals surface area contributed by atoms with Gasteiger partial charge in [0.15, 0.2) is 0 Å². The van der Waals surface area contributed by atoms with Gasteiger partial charge in [-0.3, -0.25) is 9.58 Å². The second-order valence-electron chi connectivity index (χ2n) is 6.89. The summed E-state index contributed by atoms with van der Waals surface area (Å²) in [5.41, 5.74) is 2.20. The third-order valence-electron chi connectivity index (χ3n) is 4.89. The van der Waals surface area contributed by atoms with Crippen LogP contribution in [0.1, 0.15) is 30.9 Å². The Hall–Kier alpha value is -1.85. The zero-order valence-corrected chi connectivity index (χ0v) is 15.0. The maximum absolute atomic E-state index is 6.10. The Morgan fingerprint density at radius 2 is 2.08 bits per heavy atom. The average Bonchev–Trinajstić information content (AvgIpc) is 3.02. The Kier molecular flexibility index (Phi) is 4.92. The van der Waals surface area contributed by atoms with E-state index < -0.39 is 0 Å². The summed E-state index contributed by atoms with van der Waals surface area (Å²) in [6, 6.07) is 8.38. The van der Waals surface area contributed by atoms with Crippen LogP contribution in [0.15, 0.2) is 36.7 Å². The third kappa shape index (κ3) is 3.62. The van der Waals surface area contributed by atoms with Crippen LogP contribution in [0.5, 0.6) is 5.75 Å². The van der Waals surface area contributed by atoms with Gasteiger partial charge in [0.2, 0.25) is 0 Å². The Bertz CT molecular complexity index is 668. The molecule has 1 aromatic heterocycles. The number of hydrogen-bond donors (Lipinski definition) is 0. The lowest BCUT2D eigenvalue weighted by molar-refractivity contribution is -0.104. The topological polar surface area (TPSA) is 39.5 Å². The first kappa shape index (κ1) is 17.0. The first-order valence-corrected chi connectivity index (χ1v) is 8.49. The fourth-order valence-corrected chi connectivity index (χ4v) is 3.40. The second kappa shape index (κ2) is 6.95. The smallest absolute Gasteiger partial charge is 0.118 e. The first-order chi connectivity index (χ1) is 11.5. The van der Waals surface area contributed by atoms with E-state index >= 15 is 0 Å². The molecule has 2 atom stereocenters. The van der Waals surface area contributed by atoms with Crippen molar-refractivity contribution in [3.63, 3.8) is 0 Å². The summed E-state index contributed by atoms with van der Waals surface area (Å²) in [7, 11) is 3.64. The van der Waals surface area contributed by atoms with Gasteiger partial charge < -0.3 is 9.47 Å². The SMILES string of the molecule is COc1ccc([C@@H](C)CN2CCO[C@](C)(c3cnn(C)c3)C2)cc1. The maximum Gasteiger partial charge on any atom is 0.118 e. The molecule has 2 aromatic rings. The number of nitrogens with zero attached hydrogens (tertiary/aromatic N) is 3. The monoisotopic (exact) mass is 329 g/mol. The molecule has 1 aliphatic rings. The zero-order valence-electron chi connectivity index (χ0n) is 15.0. The molecule has 0 unspecified atom stereocenters. The van der Waals surface area contributed by atoms with Crippen LogP contribution in [-0.4, -0.2) is 48.0 Å². The number of methoxy groups -OCH3 is 1. The average molecular weight is 329 g/mol. The maximum atomic E-state index is 6.10. The van der Waals surface area contributed by atoms with E-state index in [2.05, 4.69) is 42.2 Å². The Morgan fingerprint density at radius 1 is 1.33 bits per heavy atom. The summed E-state index contributed by atoms with van der Waals surface area (Å²) in [5.74, 6) is 1.37. The van der Waals surface area contributed by atoms with Crippen molar-refractivity contribution in [1.82, 2.24) is 14.7 Å². The molecule has 5 nitrogen and oxygen atoms in total. The molecular weight excluding hydrogens is 302 g/mol. The molecule has 5 heteroatoms. The van der Waals surface area contributed by atoms with Crippen molar-refractivity contribution in [3.8, 4) is 5.75 Å². The molecule has 0 radical (unpaired) electrons. The van der Waals surface area contributed by atoms with Crippen LogP contribution in [0, 0.1) is 0 Å². The standard InChI is InChI=1S/C19H27N3O2/c1-15(16-5-7-18(23-4)8-6-16)12-22-9-10-24-19(2,14-22)17-11-20-21(3)13-17/h5-8,11,13,15H,9-10,12,14H2,1-4H3/t15-,19-/m0/s1. The molecule has 1 saturated heterocycles. The third-order valence-corrected chi connectivity index (χ3v) is 4.89. The van der Waals surface area contributed by atoms with Crippen LogP contribution in [0.3, 0.4) is 0 Å². The van der Waals surface area contributed by atoms with Gasteiger partial charge in [-0.2, -0.15) is 5.10 Å². The minimum Gasteiger partial charge on any atom is -0.497 e. The van der Waals surface area contributed by atoms with Crippen LogP contribution < -0.4 is 4.74 Å². The predicted molar refractivity (Wildman–Crippen MR) is 94.4 cm³/mol. The van der Waals surface area contributed by atoms with Crippen LogP contribution in [0.2, 0.25) is 0 Å². The molecular formula is C19H27N3O2. The molecule has 130 valence electrons. The molecule has 0 spiro atoms. The van der Waals surface area contributed by atoms with Crippen molar-refractivity contribution < 1.29 is 9.47 Å². The number of morpholine rings is 1. The van der Waals surface area contributed by atoms with E-state index in [0.29, 0.717) is 5.92 Å². The first-order valence-electron chi connectivity index (χ1n) is 8.49. The van der Waals surface area contributed by atoms with Crippen molar-refractivity contribution in [1.29, 1.82) is 0 Å². The molecule has 24 heavy (non-hydrogen) atoms. The lowest BCUT2D eigenvalue weighted by Crippen LogP contribution is -2.49. The van der Waals surface area contributed by atoms with Gasteiger partial charge in [-0.1, -0.05) is 19.1 Å². The molecule has 0 aliphatic carbocycles. The number of ether oxygens (including phenoxy) is 2. The van der Waals surface area contributed by atoms with Gasteiger partial charge in [-0.25, -0.2) is 0 Å². The van der Waals surface area contributed by atoms with Crippen molar-refractivity contribution in [2.45, 2.75) is 25.4 Å². The fourth-order valence-electron chi connectivity index (χ4n) is 3.40. The van der Waals surface area contributed by atoms with Gasteiger partial charge in [-0.05, 0) is 30.5 Å².